The molecule has 2 aromatic rings. The van der Waals surface area contributed by atoms with Crippen LogP contribution < -0.4 is 4.74 Å². The number of aromatic nitrogens is 2. The number of hydrogen-bond donors (Lipinski definition) is 1. The quantitative estimate of drug-likeness (QED) is 0.881. The van der Waals surface area contributed by atoms with Crippen molar-refractivity contribution in [2.75, 3.05) is 32.8 Å². The van der Waals surface area contributed by atoms with E-state index < -0.39 is 0 Å². The van der Waals surface area contributed by atoms with Crippen molar-refractivity contribution >= 4 is 5.91 Å². The Balaban J connectivity index is 1.37. The third-order valence-electron chi connectivity index (χ3n) is 5.58. The molecule has 2 aliphatic rings. The molecule has 2 heterocycles. The standard InChI is InChI=1S/C21H28N4O2/c1-2-27-19-10-6-3-7-16(19)15-24-11-13-25(14-12-24)21(26)20-17-8-4-5-9-18(17)22-23-20/h3,6-7,10H,2,4-5,8-9,11-15H2,1H3,(H,22,23). The third kappa shape index (κ3) is 3.86. The lowest BCUT2D eigenvalue weighted by Crippen LogP contribution is -2.48. The molecule has 1 aromatic heterocycles. The Morgan fingerprint density at radius 3 is 2.74 bits per heavy atom. The van der Waals surface area contributed by atoms with E-state index in [1.165, 1.54) is 12.0 Å². The zero-order valence-corrected chi connectivity index (χ0v) is 16.0. The minimum atomic E-state index is 0.0868. The van der Waals surface area contributed by atoms with Gasteiger partial charge in [-0.2, -0.15) is 5.10 Å². The second-order valence-electron chi connectivity index (χ2n) is 7.35. The second kappa shape index (κ2) is 8.13. The first-order chi connectivity index (χ1) is 13.3. The van der Waals surface area contributed by atoms with Crippen LogP contribution >= 0.6 is 0 Å². The van der Waals surface area contributed by atoms with Crippen LogP contribution in [-0.4, -0.2) is 58.7 Å². The number of ether oxygens (including phenoxy) is 1. The van der Waals surface area contributed by atoms with Gasteiger partial charge in [-0.15, -0.1) is 0 Å². The number of benzene rings is 1. The van der Waals surface area contributed by atoms with E-state index in [1.54, 1.807) is 0 Å². The maximum absolute atomic E-state index is 12.9. The summed E-state index contributed by atoms with van der Waals surface area (Å²) >= 11 is 0. The summed E-state index contributed by atoms with van der Waals surface area (Å²) < 4.78 is 5.74. The molecule has 1 aromatic carbocycles. The van der Waals surface area contributed by atoms with E-state index in [2.05, 4.69) is 27.2 Å². The van der Waals surface area contributed by atoms with Gasteiger partial charge in [-0.1, -0.05) is 18.2 Å². The molecule has 1 amide bonds. The van der Waals surface area contributed by atoms with Crippen molar-refractivity contribution in [1.29, 1.82) is 0 Å². The number of carbonyl (C=O) groups is 1. The number of nitrogens with one attached hydrogen (secondary N) is 1. The Kier molecular flexibility index (Phi) is 5.43. The molecule has 27 heavy (non-hydrogen) atoms. The summed E-state index contributed by atoms with van der Waals surface area (Å²) in [7, 11) is 0. The number of fused-ring (bicyclic) bond motifs is 1. The van der Waals surface area contributed by atoms with Gasteiger partial charge >= 0.3 is 0 Å². The van der Waals surface area contributed by atoms with Gasteiger partial charge in [0.25, 0.3) is 5.91 Å². The molecule has 1 fully saturated rings. The maximum Gasteiger partial charge on any atom is 0.274 e. The van der Waals surface area contributed by atoms with Gasteiger partial charge < -0.3 is 9.64 Å². The van der Waals surface area contributed by atoms with Gasteiger partial charge in [0, 0.05) is 49.5 Å². The number of para-hydroxylation sites is 1. The van der Waals surface area contributed by atoms with Crippen molar-refractivity contribution in [1.82, 2.24) is 20.0 Å². The summed E-state index contributed by atoms with van der Waals surface area (Å²) in [6.45, 7) is 6.78. The molecule has 1 saturated heterocycles. The summed E-state index contributed by atoms with van der Waals surface area (Å²) in [5.74, 6) is 1.05. The average Bonchev–Trinajstić information content (AvgIpc) is 3.14. The average molecular weight is 368 g/mol. The number of amides is 1. The fourth-order valence-electron chi connectivity index (χ4n) is 4.09. The van der Waals surface area contributed by atoms with Gasteiger partial charge in [-0.05, 0) is 38.7 Å². The van der Waals surface area contributed by atoms with Crippen LogP contribution in [0.1, 0.15) is 47.1 Å². The normalized spacial score (nSPS) is 17.6. The van der Waals surface area contributed by atoms with Crippen LogP contribution in [-0.2, 0) is 19.4 Å². The molecule has 0 saturated carbocycles. The van der Waals surface area contributed by atoms with Crippen LogP contribution in [0.25, 0.3) is 0 Å². The molecule has 0 atom stereocenters. The van der Waals surface area contributed by atoms with Gasteiger partial charge in [0.1, 0.15) is 5.75 Å². The lowest BCUT2D eigenvalue weighted by atomic mass is 9.95. The Labute approximate surface area is 160 Å². The molecule has 1 N–H and O–H groups in total. The Hall–Kier alpha value is -2.34. The number of carbonyl (C=O) groups excluding carboxylic acids is 1. The van der Waals surface area contributed by atoms with Crippen LogP contribution in [0.15, 0.2) is 24.3 Å². The molecule has 1 aliphatic carbocycles. The van der Waals surface area contributed by atoms with E-state index in [9.17, 15) is 4.79 Å². The highest BCUT2D eigenvalue weighted by molar-refractivity contribution is 5.94. The van der Waals surface area contributed by atoms with E-state index in [1.807, 2.05) is 24.0 Å². The monoisotopic (exact) mass is 368 g/mol. The molecule has 0 bridgehead atoms. The Morgan fingerprint density at radius 1 is 1.15 bits per heavy atom. The minimum absolute atomic E-state index is 0.0868. The van der Waals surface area contributed by atoms with E-state index in [0.29, 0.717) is 12.3 Å². The molecule has 144 valence electrons. The highest BCUT2D eigenvalue weighted by Gasteiger charge is 2.28. The molecule has 0 unspecified atom stereocenters. The molecule has 0 spiro atoms. The van der Waals surface area contributed by atoms with E-state index in [0.717, 1.165) is 69.0 Å². The number of nitrogens with zero attached hydrogens (tertiary/aromatic N) is 3. The summed E-state index contributed by atoms with van der Waals surface area (Å²) in [5.41, 5.74) is 4.18. The minimum Gasteiger partial charge on any atom is -0.494 e. The number of hydrogen-bond acceptors (Lipinski definition) is 4. The van der Waals surface area contributed by atoms with Gasteiger partial charge in [-0.3, -0.25) is 14.8 Å². The SMILES string of the molecule is CCOc1ccccc1CN1CCN(C(=O)c2n[nH]c3c2CCCC3)CC1. The van der Waals surface area contributed by atoms with Gasteiger partial charge in [-0.25, -0.2) is 0 Å². The maximum atomic E-state index is 12.9. The van der Waals surface area contributed by atoms with Crippen LogP contribution in [0.2, 0.25) is 0 Å². The first-order valence-electron chi connectivity index (χ1n) is 10.0. The van der Waals surface area contributed by atoms with E-state index in [4.69, 9.17) is 4.74 Å². The fraction of sp³-hybridized carbons (Fsp3) is 0.524. The van der Waals surface area contributed by atoms with Crippen LogP contribution in [0.5, 0.6) is 5.75 Å². The van der Waals surface area contributed by atoms with Crippen LogP contribution in [0, 0.1) is 0 Å². The Morgan fingerprint density at radius 2 is 1.93 bits per heavy atom. The number of aryl methyl sites for hydroxylation is 1. The van der Waals surface area contributed by atoms with Crippen molar-refractivity contribution in [2.45, 2.75) is 39.2 Å². The molecular weight excluding hydrogens is 340 g/mol. The van der Waals surface area contributed by atoms with E-state index >= 15 is 0 Å². The van der Waals surface area contributed by atoms with E-state index in [-0.39, 0.29) is 5.91 Å². The smallest absolute Gasteiger partial charge is 0.274 e. The largest absolute Gasteiger partial charge is 0.494 e. The van der Waals surface area contributed by atoms with Gasteiger partial charge in [0.2, 0.25) is 0 Å². The number of aromatic amines is 1. The predicted octanol–water partition coefficient (Wildman–Crippen LogP) is 2.65. The molecule has 4 rings (SSSR count). The molecular formula is C21H28N4O2. The van der Waals surface area contributed by atoms with Crippen LogP contribution in [0.3, 0.4) is 0 Å². The van der Waals surface area contributed by atoms with Crippen molar-refractivity contribution in [3.8, 4) is 5.75 Å². The summed E-state index contributed by atoms with van der Waals surface area (Å²) in [5, 5.41) is 7.43. The van der Waals surface area contributed by atoms with Gasteiger partial charge in [0.05, 0.1) is 6.61 Å². The van der Waals surface area contributed by atoms with Crippen LogP contribution in [0.4, 0.5) is 0 Å². The molecule has 6 nitrogen and oxygen atoms in total. The van der Waals surface area contributed by atoms with Crippen molar-refractivity contribution < 1.29 is 9.53 Å². The molecule has 1 aliphatic heterocycles. The lowest BCUT2D eigenvalue weighted by molar-refractivity contribution is 0.0620. The second-order valence-corrected chi connectivity index (χ2v) is 7.35. The highest BCUT2D eigenvalue weighted by Crippen LogP contribution is 2.24. The number of rotatable bonds is 5. The first-order valence-corrected chi connectivity index (χ1v) is 10.0. The number of H-pyrrole nitrogens is 1. The van der Waals surface area contributed by atoms with Crippen molar-refractivity contribution in [3.63, 3.8) is 0 Å². The lowest BCUT2D eigenvalue weighted by Gasteiger charge is -2.34. The topological polar surface area (TPSA) is 61.5 Å². The van der Waals surface area contributed by atoms with Crippen molar-refractivity contribution in [3.05, 3.63) is 46.8 Å². The first kappa shape index (κ1) is 18.0. The highest BCUT2D eigenvalue weighted by atomic mass is 16.5. The zero-order valence-electron chi connectivity index (χ0n) is 16.0. The molecule has 6 heteroatoms. The van der Waals surface area contributed by atoms with Gasteiger partial charge in [0.15, 0.2) is 5.69 Å². The predicted molar refractivity (Wildman–Crippen MR) is 104 cm³/mol. The van der Waals surface area contributed by atoms with Crippen molar-refractivity contribution in [2.24, 2.45) is 0 Å². The third-order valence-corrected chi connectivity index (χ3v) is 5.58. The zero-order chi connectivity index (χ0) is 18.6. The fourth-order valence-corrected chi connectivity index (χ4v) is 4.09. The summed E-state index contributed by atoms with van der Waals surface area (Å²) in [4.78, 5) is 17.3. The summed E-state index contributed by atoms with van der Waals surface area (Å²) in [6, 6.07) is 8.21. The number of piperazine rings is 1. The molecule has 0 radical (unpaired) electrons. The summed E-state index contributed by atoms with van der Waals surface area (Å²) in [6.07, 6.45) is 4.33. The Bertz CT molecular complexity index is 793.